The average Bonchev–Trinajstić information content (AvgIpc) is 2.67. The summed E-state index contributed by atoms with van der Waals surface area (Å²) in [5, 5.41) is 0. The van der Waals surface area contributed by atoms with E-state index in [0.717, 1.165) is 30.1 Å². The number of hydrogen-bond donors (Lipinski definition) is 0. The van der Waals surface area contributed by atoms with E-state index in [-0.39, 0.29) is 0 Å². The third-order valence-electron chi connectivity index (χ3n) is 5.36. The summed E-state index contributed by atoms with van der Waals surface area (Å²) in [6.45, 7) is 10.9. The lowest BCUT2D eigenvalue weighted by atomic mass is 9.79. The van der Waals surface area contributed by atoms with E-state index in [9.17, 15) is 0 Å². The van der Waals surface area contributed by atoms with Crippen LogP contribution < -0.4 is 4.74 Å². The van der Waals surface area contributed by atoms with Gasteiger partial charge >= 0.3 is 8.80 Å². The highest BCUT2D eigenvalue weighted by atomic mass is 28.4. The fourth-order valence-electron chi connectivity index (χ4n) is 3.91. The monoisotopic (exact) mass is 394 g/mol. The molecule has 1 saturated carbocycles. The molecule has 4 nitrogen and oxygen atoms in total. The molecule has 1 fully saturated rings. The van der Waals surface area contributed by atoms with E-state index < -0.39 is 8.80 Å². The molecule has 0 aromatic heterocycles. The minimum atomic E-state index is -2.55. The zero-order valence-electron chi connectivity index (χ0n) is 17.7. The van der Waals surface area contributed by atoms with Gasteiger partial charge in [0.15, 0.2) is 0 Å². The van der Waals surface area contributed by atoms with Crippen LogP contribution in [0.1, 0.15) is 71.3 Å². The van der Waals surface area contributed by atoms with Gasteiger partial charge in [0.1, 0.15) is 5.75 Å². The predicted octanol–water partition coefficient (Wildman–Crippen LogP) is 5.80. The fourth-order valence-corrected chi connectivity index (χ4v) is 6.49. The Bertz CT molecular complexity index is 495. The Hall–Kier alpha value is -0.883. The molecule has 0 amide bonds. The van der Waals surface area contributed by atoms with Crippen LogP contribution in [0.5, 0.6) is 5.75 Å². The Morgan fingerprint density at radius 3 is 1.93 bits per heavy atom. The van der Waals surface area contributed by atoms with Crippen LogP contribution in [0.2, 0.25) is 6.04 Å². The summed E-state index contributed by atoms with van der Waals surface area (Å²) in [5.41, 5.74) is 1.46. The predicted molar refractivity (Wildman–Crippen MR) is 112 cm³/mol. The van der Waals surface area contributed by atoms with Crippen molar-refractivity contribution in [3.8, 4) is 5.75 Å². The lowest BCUT2D eigenvalue weighted by Crippen LogP contribution is -2.46. The van der Waals surface area contributed by atoms with E-state index in [1.165, 1.54) is 31.2 Å². The van der Waals surface area contributed by atoms with Gasteiger partial charge in [0.2, 0.25) is 0 Å². The van der Waals surface area contributed by atoms with Crippen LogP contribution >= 0.6 is 0 Å². The Morgan fingerprint density at radius 1 is 0.852 bits per heavy atom. The molecule has 0 saturated heterocycles. The van der Waals surface area contributed by atoms with Gasteiger partial charge in [0, 0.05) is 25.9 Å². The van der Waals surface area contributed by atoms with Crippen LogP contribution in [0.15, 0.2) is 24.3 Å². The highest BCUT2D eigenvalue weighted by molar-refractivity contribution is 6.60. The van der Waals surface area contributed by atoms with Crippen molar-refractivity contribution >= 4 is 8.80 Å². The largest absolute Gasteiger partial charge is 0.501 e. The van der Waals surface area contributed by atoms with Crippen molar-refractivity contribution in [1.29, 1.82) is 0 Å². The standard InChI is InChI=1S/C22H38O4Si/c1-5-24-27(25-6-2,26-7-3)18-8-17-23-22-15-13-21(14-16-22)20-11-9-19(4)10-12-20/h13-16,19-20H,5-12,17-18H2,1-4H3. The lowest BCUT2D eigenvalue weighted by molar-refractivity contribution is 0.0696. The Labute approximate surface area is 166 Å². The molecule has 0 heterocycles. The quantitative estimate of drug-likeness (QED) is 0.332. The van der Waals surface area contributed by atoms with Gasteiger partial charge < -0.3 is 18.0 Å². The van der Waals surface area contributed by atoms with Crippen LogP contribution in [-0.4, -0.2) is 35.2 Å². The molecule has 1 aromatic carbocycles. The second kappa shape index (κ2) is 11.8. The molecule has 0 unspecified atom stereocenters. The van der Waals surface area contributed by atoms with E-state index in [0.29, 0.717) is 26.4 Å². The van der Waals surface area contributed by atoms with Crippen LogP contribution in [0, 0.1) is 5.92 Å². The van der Waals surface area contributed by atoms with Gasteiger partial charge in [-0.3, -0.25) is 0 Å². The molecule has 154 valence electrons. The third kappa shape index (κ3) is 7.22. The Kier molecular flexibility index (Phi) is 9.83. The van der Waals surface area contributed by atoms with Crippen molar-refractivity contribution in [2.75, 3.05) is 26.4 Å². The Morgan fingerprint density at radius 2 is 1.41 bits per heavy atom. The first kappa shape index (κ1) is 22.4. The van der Waals surface area contributed by atoms with Crippen molar-refractivity contribution in [3.63, 3.8) is 0 Å². The van der Waals surface area contributed by atoms with Crippen molar-refractivity contribution in [3.05, 3.63) is 29.8 Å². The number of benzene rings is 1. The third-order valence-corrected chi connectivity index (χ3v) is 8.51. The van der Waals surface area contributed by atoms with Crippen LogP contribution in [0.3, 0.4) is 0 Å². The molecule has 0 radical (unpaired) electrons. The van der Waals surface area contributed by atoms with Crippen LogP contribution in [0.25, 0.3) is 0 Å². The molecular weight excluding hydrogens is 356 g/mol. The van der Waals surface area contributed by atoms with Gasteiger partial charge in [0.25, 0.3) is 0 Å². The topological polar surface area (TPSA) is 36.9 Å². The first-order valence-electron chi connectivity index (χ1n) is 10.8. The van der Waals surface area contributed by atoms with E-state index in [2.05, 4.69) is 31.2 Å². The molecule has 1 aliphatic carbocycles. The lowest BCUT2D eigenvalue weighted by Gasteiger charge is -2.28. The highest BCUT2D eigenvalue weighted by Crippen LogP contribution is 2.35. The zero-order chi connectivity index (χ0) is 19.5. The normalized spacial score (nSPS) is 20.6. The fraction of sp³-hybridized carbons (Fsp3) is 0.727. The molecule has 0 bridgehead atoms. The molecule has 27 heavy (non-hydrogen) atoms. The van der Waals surface area contributed by atoms with Gasteiger partial charge in [-0.2, -0.15) is 0 Å². The Balaban J connectivity index is 1.78. The van der Waals surface area contributed by atoms with E-state index >= 15 is 0 Å². The molecule has 2 rings (SSSR count). The van der Waals surface area contributed by atoms with Gasteiger partial charge in [-0.05, 0) is 69.6 Å². The van der Waals surface area contributed by atoms with Crippen molar-refractivity contribution in [1.82, 2.24) is 0 Å². The van der Waals surface area contributed by atoms with Crippen molar-refractivity contribution < 1.29 is 18.0 Å². The molecule has 0 spiro atoms. The van der Waals surface area contributed by atoms with E-state index in [1.807, 2.05) is 20.8 Å². The SMILES string of the molecule is CCO[Si](CCCOc1ccc(C2CCC(C)CC2)cc1)(OCC)OCC. The van der Waals surface area contributed by atoms with Gasteiger partial charge in [0.05, 0.1) is 6.61 Å². The summed E-state index contributed by atoms with van der Waals surface area (Å²) in [4.78, 5) is 0. The smallest absolute Gasteiger partial charge is 0.494 e. The molecule has 0 atom stereocenters. The second-order valence-electron chi connectivity index (χ2n) is 7.46. The molecule has 5 heteroatoms. The minimum Gasteiger partial charge on any atom is -0.494 e. The van der Waals surface area contributed by atoms with Gasteiger partial charge in [-0.15, -0.1) is 0 Å². The minimum absolute atomic E-state index is 0.620. The summed E-state index contributed by atoms with van der Waals surface area (Å²) in [7, 11) is -2.55. The number of rotatable bonds is 12. The maximum atomic E-state index is 5.95. The first-order chi connectivity index (χ1) is 13.1. The van der Waals surface area contributed by atoms with Crippen molar-refractivity contribution in [2.24, 2.45) is 5.92 Å². The molecular formula is C22H38O4Si. The molecule has 1 aliphatic rings. The number of hydrogen-bond acceptors (Lipinski definition) is 4. The summed E-state index contributed by atoms with van der Waals surface area (Å²) in [6.07, 6.45) is 6.22. The van der Waals surface area contributed by atoms with E-state index in [4.69, 9.17) is 18.0 Å². The molecule has 1 aromatic rings. The maximum Gasteiger partial charge on any atom is 0.501 e. The van der Waals surface area contributed by atoms with Crippen molar-refractivity contribution in [2.45, 2.75) is 71.8 Å². The highest BCUT2D eigenvalue weighted by Gasteiger charge is 2.39. The molecule has 0 N–H and O–H groups in total. The summed E-state index contributed by atoms with van der Waals surface area (Å²) < 4.78 is 23.6. The first-order valence-corrected chi connectivity index (χ1v) is 12.7. The van der Waals surface area contributed by atoms with Gasteiger partial charge in [-0.1, -0.05) is 31.9 Å². The zero-order valence-corrected chi connectivity index (χ0v) is 18.7. The molecule has 0 aliphatic heterocycles. The van der Waals surface area contributed by atoms with Crippen LogP contribution in [-0.2, 0) is 13.3 Å². The summed E-state index contributed by atoms with van der Waals surface area (Å²) in [6, 6.07) is 9.52. The summed E-state index contributed by atoms with van der Waals surface area (Å²) in [5.74, 6) is 2.56. The van der Waals surface area contributed by atoms with Gasteiger partial charge in [-0.25, -0.2) is 0 Å². The maximum absolute atomic E-state index is 5.95. The summed E-state index contributed by atoms with van der Waals surface area (Å²) >= 11 is 0. The number of ether oxygens (including phenoxy) is 1. The second-order valence-corrected chi connectivity index (χ2v) is 10.2. The van der Waals surface area contributed by atoms with Crippen LogP contribution in [0.4, 0.5) is 0 Å². The van der Waals surface area contributed by atoms with E-state index in [1.54, 1.807) is 0 Å². The average molecular weight is 395 g/mol.